The van der Waals surface area contributed by atoms with E-state index in [4.69, 9.17) is 4.74 Å². The van der Waals surface area contributed by atoms with E-state index in [0.717, 1.165) is 33.6 Å². The number of ether oxygens (including phenoxy) is 1. The van der Waals surface area contributed by atoms with E-state index in [1.165, 1.54) is 0 Å². The minimum atomic E-state index is -0.776. The Morgan fingerprint density at radius 2 is 1.81 bits per heavy atom. The number of benzene rings is 3. The lowest BCUT2D eigenvalue weighted by Crippen LogP contribution is -2.48. The molecule has 4 aromatic rings. The molecule has 0 saturated carbocycles. The largest absolute Gasteiger partial charge is 0.497 e. The van der Waals surface area contributed by atoms with Crippen LogP contribution in [0.1, 0.15) is 27.0 Å². The van der Waals surface area contributed by atoms with E-state index in [1.807, 2.05) is 85.1 Å². The Morgan fingerprint density at radius 1 is 1.00 bits per heavy atom. The van der Waals surface area contributed by atoms with Crippen molar-refractivity contribution in [3.8, 4) is 16.9 Å². The number of carbonyl (C=O) groups excluding carboxylic acids is 1. The minimum absolute atomic E-state index is 0.195. The zero-order valence-corrected chi connectivity index (χ0v) is 21.4. The highest BCUT2D eigenvalue weighted by atomic mass is 32.1. The molecule has 5 nitrogen and oxygen atoms in total. The summed E-state index contributed by atoms with van der Waals surface area (Å²) in [5.41, 5.74) is 5.96. The van der Waals surface area contributed by atoms with Gasteiger partial charge in [0.25, 0.3) is 5.91 Å². The highest BCUT2D eigenvalue weighted by Gasteiger charge is 2.23. The second kappa shape index (κ2) is 12.5. The summed E-state index contributed by atoms with van der Waals surface area (Å²) >= 11 is 1.63. The van der Waals surface area contributed by atoms with E-state index in [1.54, 1.807) is 18.4 Å². The molecular formula is C30H32N2O3S. The fraction of sp³-hybridized carbons (Fsp3) is 0.233. The lowest BCUT2D eigenvalue weighted by Gasteiger charge is -2.25. The molecule has 0 radical (unpaired) electrons. The number of thiophene rings is 1. The van der Waals surface area contributed by atoms with Crippen LogP contribution in [0.4, 0.5) is 0 Å². The van der Waals surface area contributed by atoms with Crippen molar-refractivity contribution < 1.29 is 14.6 Å². The summed E-state index contributed by atoms with van der Waals surface area (Å²) in [6.45, 7) is 2.97. The number of nitrogens with one attached hydrogen (secondary N) is 2. The van der Waals surface area contributed by atoms with Crippen LogP contribution >= 0.6 is 11.3 Å². The Balaban J connectivity index is 1.46. The van der Waals surface area contributed by atoms with Crippen LogP contribution in [-0.4, -0.2) is 36.8 Å². The van der Waals surface area contributed by atoms with Gasteiger partial charge in [-0.05, 0) is 82.3 Å². The second-order valence-electron chi connectivity index (χ2n) is 8.86. The molecule has 1 aromatic heterocycles. The van der Waals surface area contributed by atoms with Crippen molar-refractivity contribution in [1.29, 1.82) is 0 Å². The van der Waals surface area contributed by atoms with Crippen LogP contribution in [0, 0.1) is 6.92 Å². The maximum absolute atomic E-state index is 13.3. The smallest absolute Gasteiger partial charge is 0.251 e. The van der Waals surface area contributed by atoms with Gasteiger partial charge in [0, 0.05) is 18.7 Å². The first-order valence-corrected chi connectivity index (χ1v) is 13.0. The maximum atomic E-state index is 13.3. The maximum Gasteiger partial charge on any atom is 0.251 e. The zero-order valence-electron chi connectivity index (χ0n) is 20.6. The molecule has 0 bridgehead atoms. The number of aliphatic hydroxyl groups excluding tert-OH is 1. The SMILES string of the molecule is COc1cccc(CNCC(O)C(Cc2ccccc2)NC(=O)c2ccc(C)c(-c3ccsc3)c2)c1. The number of hydrogen-bond acceptors (Lipinski definition) is 5. The van der Waals surface area contributed by atoms with Crippen LogP contribution in [0.15, 0.2) is 89.6 Å². The Bertz CT molecular complexity index is 1260. The third-order valence-corrected chi connectivity index (χ3v) is 6.91. The van der Waals surface area contributed by atoms with Gasteiger partial charge in [0.15, 0.2) is 0 Å². The molecule has 3 aromatic carbocycles. The Morgan fingerprint density at radius 3 is 2.56 bits per heavy atom. The monoisotopic (exact) mass is 500 g/mol. The molecular weight excluding hydrogens is 468 g/mol. The molecule has 1 amide bonds. The van der Waals surface area contributed by atoms with Gasteiger partial charge in [0.05, 0.1) is 19.3 Å². The second-order valence-corrected chi connectivity index (χ2v) is 9.64. The topological polar surface area (TPSA) is 70.6 Å². The van der Waals surface area contributed by atoms with E-state index < -0.39 is 12.1 Å². The van der Waals surface area contributed by atoms with Gasteiger partial charge in [0.1, 0.15) is 5.75 Å². The van der Waals surface area contributed by atoms with Crippen LogP contribution in [-0.2, 0) is 13.0 Å². The standard InChI is InChI=1S/C30H32N2O3S/c1-21-11-12-24(17-27(21)25-13-14-36-20-25)30(34)32-28(16-22-7-4-3-5-8-22)29(33)19-31-18-23-9-6-10-26(15-23)35-2/h3-15,17,20,28-29,31,33H,16,18-19H2,1-2H3,(H,32,34). The predicted octanol–water partition coefficient (Wildman–Crippen LogP) is 5.22. The number of aryl methyl sites for hydroxylation is 1. The number of amides is 1. The molecule has 4 rings (SSSR count). The molecule has 2 unspecified atom stereocenters. The highest BCUT2D eigenvalue weighted by molar-refractivity contribution is 7.08. The summed E-state index contributed by atoms with van der Waals surface area (Å²) in [7, 11) is 1.64. The molecule has 0 aliphatic heterocycles. The summed E-state index contributed by atoms with van der Waals surface area (Å²) in [4.78, 5) is 13.3. The number of methoxy groups -OCH3 is 1. The quantitative estimate of drug-likeness (QED) is 0.264. The van der Waals surface area contributed by atoms with Crippen molar-refractivity contribution in [2.75, 3.05) is 13.7 Å². The fourth-order valence-corrected chi connectivity index (χ4v) is 4.84. The molecule has 0 aliphatic rings. The van der Waals surface area contributed by atoms with Crippen molar-refractivity contribution >= 4 is 17.2 Å². The first-order valence-electron chi connectivity index (χ1n) is 12.0. The van der Waals surface area contributed by atoms with Gasteiger partial charge in [-0.25, -0.2) is 0 Å². The van der Waals surface area contributed by atoms with Crippen molar-refractivity contribution in [3.05, 3.63) is 112 Å². The molecule has 0 aliphatic carbocycles. The number of rotatable bonds is 11. The van der Waals surface area contributed by atoms with Gasteiger partial charge in [-0.2, -0.15) is 11.3 Å². The fourth-order valence-electron chi connectivity index (χ4n) is 4.18. The number of carbonyl (C=O) groups is 1. The molecule has 36 heavy (non-hydrogen) atoms. The minimum Gasteiger partial charge on any atom is -0.497 e. The van der Waals surface area contributed by atoms with Gasteiger partial charge >= 0.3 is 0 Å². The van der Waals surface area contributed by atoms with Crippen molar-refractivity contribution in [2.45, 2.75) is 32.0 Å². The van der Waals surface area contributed by atoms with Gasteiger partial charge in [-0.15, -0.1) is 0 Å². The van der Waals surface area contributed by atoms with Gasteiger partial charge < -0.3 is 20.5 Å². The van der Waals surface area contributed by atoms with Crippen LogP contribution in [0.3, 0.4) is 0 Å². The zero-order chi connectivity index (χ0) is 25.3. The number of hydrogen-bond donors (Lipinski definition) is 3. The first-order chi connectivity index (χ1) is 17.5. The molecule has 0 saturated heterocycles. The van der Waals surface area contributed by atoms with Crippen LogP contribution in [0.25, 0.3) is 11.1 Å². The molecule has 0 fully saturated rings. The van der Waals surface area contributed by atoms with Gasteiger partial charge in [0.2, 0.25) is 0 Å². The molecule has 3 N–H and O–H groups in total. The first kappa shape index (κ1) is 25.6. The summed E-state index contributed by atoms with van der Waals surface area (Å²) in [6, 6.07) is 25.1. The van der Waals surface area contributed by atoms with Crippen molar-refractivity contribution in [1.82, 2.24) is 10.6 Å². The van der Waals surface area contributed by atoms with E-state index >= 15 is 0 Å². The molecule has 6 heteroatoms. The van der Waals surface area contributed by atoms with Crippen molar-refractivity contribution in [2.24, 2.45) is 0 Å². The Kier molecular flexibility index (Phi) is 8.90. The van der Waals surface area contributed by atoms with Gasteiger partial charge in [-0.3, -0.25) is 4.79 Å². The van der Waals surface area contributed by atoms with E-state index in [-0.39, 0.29) is 5.91 Å². The average Bonchev–Trinajstić information content (AvgIpc) is 3.44. The summed E-state index contributed by atoms with van der Waals surface area (Å²) in [5.74, 6) is 0.600. The molecule has 2 atom stereocenters. The third-order valence-electron chi connectivity index (χ3n) is 6.23. The van der Waals surface area contributed by atoms with Crippen molar-refractivity contribution in [3.63, 3.8) is 0 Å². The highest BCUT2D eigenvalue weighted by Crippen LogP contribution is 2.26. The summed E-state index contributed by atoms with van der Waals surface area (Å²) in [6.07, 6.45) is -0.251. The number of aliphatic hydroxyl groups is 1. The Hall–Kier alpha value is -3.45. The van der Waals surface area contributed by atoms with Crippen LogP contribution in [0.2, 0.25) is 0 Å². The summed E-state index contributed by atoms with van der Waals surface area (Å²) in [5, 5.41) is 21.6. The van der Waals surface area contributed by atoms with Gasteiger partial charge in [-0.1, -0.05) is 48.5 Å². The normalized spacial score (nSPS) is 12.6. The van der Waals surface area contributed by atoms with E-state index in [9.17, 15) is 9.90 Å². The lowest BCUT2D eigenvalue weighted by atomic mass is 9.98. The molecule has 1 heterocycles. The van der Waals surface area contributed by atoms with Crippen LogP contribution in [0.5, 0.6) is 5.75 Å². The van der Waals surface area contributed by atoms with Crippen LogP contribution < -0.4 is 15.4 Å². The van der Waals surface area contributed by atoms with E-state index in [0.29, 0.717) is 25.1 Å². The lowest BCUT2D eigenvalue weighted by molar-refractivity contribution is 0.0830. The average molecular weight is 501 g/mol. The predicted molar refractivity (Wildman–Crippen MR) is 147 cm³/mol. The third kappa shape index (κ3) is 6.82. The van der Waals surface area contributed by atoms with E-state index in [2.05, 4.69) is 22.1 Å². The molecule has 186 valence electrons. The molecule has 0 spiro atoms. The summed E-state index contributed by atoms with van der Waals surface area (Å²) < 4.78 is 5.29. The Labute approximate surface area is 216 Å².